The number of benzene rings is 1. The van der Waals surface area contributed by atoms with Gasteiger partial charge in [-0.3, -0.25) is 0 Å². The minimum Gasteiger partial charge on any atom is -0.478 e. The summed E-state index contributed by atoms with van der Waals surface area (Å²) in [6, 6.07) is 6.93. The van der Waals surface area contributed by atoms with Crippen LogP contribution < -0.4 is 5.73 Å². The number of carboxylic acids is 1. The highest BCUT2D eigenvalue weighted by Crippen LogP contribution is 2.13. The van der Waals surface area contributed by atoms with Crippen molar-refractivity contribution in [2.24, 2.45) is 5.73 Å². The molecule has 1 aromatic carbocycles. The Kier molecular flexibility index (Phi) is 3.68. The lowest BCUT2D eigenvalue weighted by molar-refractivity contribution is -0.132. The van der Waals surface area contributed by atoms with E-state index in [-0.39, 0.29) is 12.1 Å². The third-order valence-corrected chi connectivity index (χ3v) is 1.92. The molecular formula is C10H10ClNO2. The molecule has 1 rings (SSSR count). The molecule has 0 spiro atoms. The van der Waals surface area contributed by atoms with Crippen molar-refractivity contribution in [2.75, 3.05) is 6.54 Å². The molecule has 4 heteroatoms. The highest BCUT2D eigenvalue weighted by molar-refractivity contribution is 6.30. The molecule has 0 fully saturated rings. The van der Waals surface area contributed by atoms with Crippen LogP contribution in [0.3, 0.4) is 0 Å². The lowest BCUT2D eigenvalue weighted by Gasteiger charge is -1.98. The van der Waals surface area contributed by atoms with Gasteiger partial charge in [0.15, 0.2) is 0 Å². The molecule has 0 radical (unpaired) electrons. The lowest BCUT2D eigenvalue weighted by Crippen LogP contribution is -2.11. The Labute approximate surface area is 86.8 Å². The van der Waals surface area contributed by atoms with Crippen molar-refractivity contribution in [1.29, 1.82) is 0 Å². The largest absolute Gasteiger partial charge is 0.478 e. The number of hydrogen-bond donors (Lipinski definition) is 2. The zero-order valence-corrected chi connectivity index (χ0v) is 8.16. The Morgan fingerprint density at radius 2 is 2.29 bits per heavy atom. The fourth-order valence-corrected chi connectivity index (χ4v) is 1.20. The molecule has 0 aromatic heterocycles. The molecule has 14 heavy (non-hydrogen) atoms. The van der Waals surface area contributed by atoms with Gasteiger partial charge in [0.1, 0.15) is 0 Å². The monoisotopic (exact) mass is 211 g/mol. The van der Waals surface area contributed by atoms with Crippen LogP contribution in [-0.2, 0) is 4.79 Å². The Morgan fingerprint density at radius 1 is 1.57 bits per heavy atom. The van der Waals surface area contributed by atoms with Crippen molar-refractivity contribution in [2.45, 2.75) is 0 Å². The maximum atomic E-state index is 10.6. The molecule has 3 N–H and O–H groups in total. The van der Waals surface area contributed by atoms with E-state index in [1.165, 1.54) is 6.08 Å². The number of aliphatic carboxylic acids is 1. The molecule has 0 aliphatic carbocycles. The number of carboxylic acid groups (broad SMARTS) is 1. The third kappa shape index (κ3) is 2.87. The number of carbonyl (C=O) groups is 1. The Bertz CT molecular complexity index is 374. The van der Waals surface area contributed by atoms with Gasteiger partial charge in [-0.2, -0.15) is 0 Å². The summed E-state index contributed by atoms with van der Waals surface area (Å²) in [6.07, 6.45) is 1.51. The Balaban J connectivity index is 3.00. The van der Waals surface area contributed by atoms with Gasteiger partial charge in [-0.25, -0.2) is 4.79 Å². The molecule has 0 amide bonds. The van der Waals surface area contributed by atoms with Crippen LogP contribution in [0.4, 0.5) is 0 Å². The molecule has 0 heterocycles. The van der Waals surface area contributed by atoms with E-state index in [1.54, 1.807) is 24.3 Å². The number of halogens is 1. The van der Waals surface area contributed by atoms with Crippen LogP contribution in [0.5, 0.6) is 0 Å². The molecule has 0 unspecified atom stereocenters. The lowest BCUT2D eigenvalue weighted by atomic mass is 10.1. The van der Waals surface area contributed by atoms with Crippen LogP contribution in [0.15, 0.2) is 29.8 Å². The second-order valence-corrected chi connectivity index (χ2v) is 3.17. The minimum atomic E-state index is -1.01. The predicted molar refractivity (Wildman–Crippen MR) is 56.1 cm³/mol. The highest BCUT2D eigenvalue weighted by atomic mass is 35.5. The SMILES string of the molecule is NC/C(=C/c1cccc(Cl)c1)C(=O)O. The first-order chi connectivity index (χ1) is 6.63. The molecule has 74 valence electrons. The summed E-state index contributed by atoms with van der Waals surface area (Å²) in [7, 11) is 0. The molecule has 0 aliphatic heterocycles. The summed E-state index contributed by atoms with van der Waals surface area (Å²) in [5.74, 6) is -1.01. The van der Waals surface area contributed by atoms with Gasteiger partial charge in [0.2, 0.25) is 0 Å². The molecule has 3 nitrogen and oxygen atoms in total. The van der Waals surface area contributed by atoms with Gasteiger partial charge in [-0.15, -0.1) is 0 Å². The first kappa shape index (κ1) is 10.8. The van der Waals surface area contributed by atoms with E-state index in [9.17, 15) is 4.79 Å². The van der Waals surface area contributed by atoms with E-state index in [1.807, 2.05) is 0 Å². The zero-order valence-electron chi connectivity index (χ0n) is 7.40. The van der Waals surface area contributed by atoms with E-state index in [0.717, 1.165) is 5.56 Å². The van der Waals surface area contributed by atoms with Gasteiger partial charge in [-0.1, -0.05) is 23.7 Å². The van der Waals surface area contributed by atoms with E-state index >= 15 is 0 Å². The summed E-state index contributed by atoms with van der Waals surface area (Å²) in [5, 5.41) is 9.29. The second kappa shape index (κ2) is 4.79. The van der Waals surface area contributed by atoms with E-state index in [4.69, 9.17) is 22.4 Å². The summed E-state index contributed by atoms with van der Waals surface area (Å²) in [4.78, 5) is 10.6. The highest BCUT2D eigenvalue weighted by Gasteiger charge is 2.04. The van der Waals surface area contributed by atoms with Crippen molar-refractivity contribution < 1.29 is 9.90 Å². The van der Waals surface area contributed by atoms with Gasteiger partial charge in [0.05, 0.1) is 5.57 Å². The normalized spacial score (nSPS) is 11.4. The third-order valence-electron chi connectivity index (χ3n) is 1.68. The first-order valence-corrected chi connectivity index (χ1v) is 4.41. The first-order valence-electron chi connectivity index (χ1n) is 4.03. The van der Waals surface area contributed by atoms with Crippen molar-refractivity contribution in [1.82, 2.24) is 0 Å². The van der Waals surface area contributed by atoms with Gasteiger partial charge < -0.3 is 10.8 Å². The van der Waals surface area contributed by atoms with Crippen LogP contribution in [0, 0.1) is 0 Å². The average Bonchev–Trinajstić information content (AvgIpc) is 2.14. The smallest absolute Gasteiger partial charge is 0.332 e. The molecule has 0 atom stereocenters. The van der Waals surface area contributed by atoms with E-state index < -0.39 is 5.97 Å². The fourth-order valence-electron chi connectivity index (χ4n) is 1.01. The van der Waals surface area contributed by atoms with Crippen LogP contribution in [0.1, 0.15) is 5.56 Å². The number of hydrogen-bond acceptors (Lipinski definition) is 2. The second-order valence-electron chi connectivity index (χ2n) is 2.73. The van der Waals surface area contributed by atoms with Gasteiger partial charge in [0, 0.05) is 11.6 Å². The van der Waals surface area contributed by atoms with Crippen molar-refractivity contribution >= 4 is 23.6 Å². The Hall–Kier alpha value is -1.32. The van der Waals surface area contributed by atoms with E-state index in [2.05, 4.69) is 0 Å². The van der Waals surface area contributed by atoms with Crippen molar-refractivity contribution in [3.63, 3.8) is 0 Å². The maximum Gasteiger partial charge on any atom is 0.332 e. The molecule has 0 saturated heterocycles. The fraction of sp³-hybridized carbons (Fsp3) is 0.100. The van der Waals surface area contributed by atoms with Gasteiger partial charge >= 0.3 is 5.97 Å². The zero-order chi connectivity index (χ0) is 10.6. The van der Waals surface area contributed by atoms with Gasteiger partial charge in [0.25, 0.3) is 0 Å². The van der Waals surface area contributed by atoms with Crippen LogP contribution in [0.2, 0.25) is 5.02 Å². The molecule has 1 aromatic rings. The molecule has 0 saturated carbocycles. The van der Waals surface area contributed by atoms with Crippen molar-refractivity contribution in [3.8, 4) is 0 Å². The minimum absolute atomic E-state index is 0.00183. The molecule has 0 bridgehead atoms. The van der Waals surface area contributed by atoms with Crippen LogP contribution >= 0.6 is 11.6 Å². The number of rotatable bonds is 3. The molecule has 0 aliphatic rings. The quantitative estimate of drug-likeness (QED) is 0.749. The predicted octanol–water partition coefficient (Wildman–Crippen LogP) is 1.77. The summed E-state index contributed by atoms with van der Waals surface area (Å²) >= 11 is 5.74. The van der Waals surface area contributed by atoms with Gasteiger partial charge in [-0.05, 0) is 23.8 Å². The van der Waals surface area contributed by atoms with Crippen LogP contribution in [-0.4, -0.2) is 17.6 Å². The average molecular weight is 212 g/mol. The van der Waals surface area contributed by atoms with Crippen LogP contribution in [0.25, 0.3) is 6.08 Å². The summed E-state index contributed by atoms with van der Waals surface area (Å²) in [6.45, 7) is 0.00183. The maximum absolute atomic E-state index is 10.6. The standard InChI is InChI=1S/C10H10ClNO2/c11-9-3-1-2-7(5-9)4-8(6-12)10(13)14/h1-5H,6,12H2,(H,13,14)/b8-4-. The number of nitrogens with two attached hydrogens (primary N) is 1. The topological polar surface area (TPSA) is 63.3 Å². The Morgan fingerprint density at radius 3 is 2.79 bits per heavy atom. The summed E-state index contributed by atoms with van der Waals surface area (Å²) in [5.41, 5.74) is 6.17. The summed E-state index contributed by atoms with van der Waals surface area (Å²) < 4.78 is 0. The van der Waals surface area contributed by atoms with Crippen molar-refractivity contribution in [3.05, 3.63) is 40.4 Å². The molecular weight excluding hydrogens is 202 g/mol. The van der Waals surface area contributed by atoms with E-state index in [0.29, 0.717) is 5.02 Å².